The number of rotatable bonds is 2. The molecule has 1 heterocycles. The lowest BCUT2D eigenvalue weighted by atomic mass is 10.1. The van der Waals surface area contributed by atoms with Crippen molar-refractivity contribution in [1.29, 1.82) is 0 Å². The Kier molecular flexibility index (Phi) is 3.49. The van der Waals surface area contributed by atoms with Crippen molar-refractivity contribution in [1.82, 2.24) is 0 Å². The van der Waals surface area contributed by atoms with Crippen LogP contribution >= 0.6 is 11.6 Å². The van der Waals surface area contributed by atoms with Crippen LogP contribution in [0.2, 0.25) is 5.02 Å². The molecule has 3 heteroatoms. The van der Waals surface area contributed by atoms with Gasteiger partial charge < -0.3 is 9.47 Å². The molecule has 15 heavy (non-hydrogen) atoms. The molecule has 0 aromatic heterocycles. The Balaban J connectivity index is 2.05. The van der Waals surface area contributed by atoms with Crippen LogP contribution < -0.4 is 4.74 Å². The Labute approximate surface area is 95.1 Å². The molecule has 1 aromatic rings. The Morgan fingerprint density at radius 1 is 1.33 bits per heavy atom. The maximum Gasteiger partial charge on any atom is 0.124 e. The van der Waals surface area contributed by atoms with E-state index in [0.29, 0.717) is 0 Å². The van der Waals surface area contributed by atoms with Crippen LogP contribution in [0.3, 0.4) is 0 Å². The van der Waals surface area contributed by atoms with Crippen LogP contribution in [0.15, 0.2) is 18.2 Å². The summed E-state index contributed by atoms with van der Waals surface area (Å²) in [5, 5.41) is 0.725. The van der Waals surface area contributed by atoms with E-state index in [4.69, 9.17) is 21.1 Å². The average molecular weight is 227 g/mol. The highest BCUT2D eigenvalue weighted by molar-refractivity contribution is 6.30. The minimum Gasteiger partial charge on any atom is -0.490 e. The van der Waals surface area contributed by atoms with Crippen LogP contribution in [0.5, 0.6) is 5.75 Å². The Bertz CT molecular complexity index is 332. The van der Waals surface area contributed by atoms with E-state index in [1.54, 1.807) is 0 Å². The van der Waals surface area contributed by atoms with Crippen LogP contribution in [-0.4, -0.2) is 19.3 Å². The van der Waals surface area contributed by atoms with Crippen LogP contribution in [0.25, 0.3) is 0 Å². The number of aryl methyl sites for hydroxylation is 1. The van der Waals surface area contributed by atoms with E-state index in [-0.39, 0.29) is 6.10 Å². The standard InChI is InChI=1S/C12H15ClO2/c1-9-2-3-10(13)8-12(9)15-11-4-6-14-7-5-11/h2-3,8,11H,4-7H2,1H3. The normalized spacial score (nSPS) is 17.7. The third-order valence-corrected chi connectivity index (χ3v) is 2.85. The lowest BCUT2D eigenvalue weighted by Crippen LogP contribution is -2.26. The summed E-state index contributed by atoms with van der Waals surface area (Å²) in [6.45, 7) is 3.62. The first kappa shape index (κ1) is 10.8. The topological polar surface area (TPSA) is 18.5 Å². The molecule has 1 aliphatic heterocycles. The quantitative estimate of drug-likeness (QED) is 0.771. The van der Waals surface area contributed by atoms with E-state index in [1.807, 2.05) is 25.1 Å². The van der Waals surface area contributed by atoms with Gasteiger partial charge >= 0.3 is 0 Å². The van der Waals surface area contributed by atoms with E-state index in [1.165, 1.54) is 0 Å². The summed E-state index contributed by atoms with van der Waals surface area (Å²) in [7, 11) is 0. The molecule has 2 rings (SSSR count). The van der Waals surface area contributed by atoms with Crippen molar-refractivity contribution in [3.8, 4) is 5.75 Å². The van der Waals surface area contributed by atoms with Crippen LogP contribution in [-0.2, 0) is 4.74 Å². The van der Waals surface area contributed by atoms with Gasteiger partial charge in [0.15, 0.2) is 0 Å². The molecule has 0 unspecified atom stereocenters. The van der Waals surface area contributed by atoms with Gasteiger partial charge in [0, 0.05) is 17.9 Å². The van der Waals surface area contributed by atoms with E-state index < -0.39 is 0 Å². The van der Waals surface area contributed by atoms with Gasteiger partial charge in [0.05, 0.1) is 13.2 Å². The predicted octanol–water partition coefficient (Wildman–Crippen LogP) is 3.21. The average Bonchev–Trinajstić information content (AvgIpc) is 2.25. The third-order valence-electron chi connectivity index (χ3n) is 2.61. The van der Waals surface area contributed by atoms with Gasteiger partial charge in [0.1, 0.15) is 11.9 Å². The second-order valence-corrected chi connectivity index (χ2v) is 4.28. The summed E-state index contributed by atoms with van der Waals surface area (Å²) in [5.74, 6) is 0.898. The van der Waals surface area contributed by atoms with Crippen molar-refractivity contribution in [3.05, 3.63) is 28.8 Å². The highest BCUT2D eigenvalue weighted by Gasteiger charge is 2.16. The first-order valence-corrected chi connectivity index (χ1v) is 5.64. The number of halogens is 1. The first-order valence-electron chi connectivity index (χ1n) is 5.26. The molecule has 0 spiro atoms. The molecule has 82 valence electrons. The molecule has 0 saturated carbocycles. The SMILES string of the molecule is Cc1ccc(Cl)cc1OC1CCOCC1. The summed E-state index contributed by atoms with van der Waals surface area (Å²) in [4.78, 5) is 0. The number of ether oxygens (including phenoxy) is 2. The molecule has 0 aliphatic carbocycles. The summed E-state index contributed by atoms with van der Waals surface area (Å²) in [5.41, 5.74) is 1.13. The summed E-state index contributed by atoms with van der Waals surface area (Å²) in [6.07, 6.45) is 2.20. The number of hydrogen-bond donors (Lipinski definition) is 0. The Morgan fingerprint density at radius 2 is 2.07 bits per heavy atom. The van der Waals surface area contributed by atoms with Gasteiger partial charge in [0.2, 0.25) is 0 Å². The molecular weight excluding hydrogens is 212 g/mol. The molecule has 2 nitrogen and oxygen atoms in total. The second-order valence-electron chi connectivity index (χ2n) is 3.84. The van der Waals surface area contributed by atoms with Gasteiger partial charge in [-0.1, -0.05) is 17.7 Å². The van der Waals surface area contributed by atoms with Crippen molar-refractivity contribution in [2.24, 2.45) is 0 Å². The van der Waals surface area contributed by atoms with Crippen molar-refractivity contribution in [2.75, 3.05) is 13.2 Å². The van der Waals surface area contributed by atoms with Crippen molar-refractivity contribution in [2.45, 2.75) is 25.9 Å². The minimum atomic E-state index is 0.274. The number of benzene rings is 1. The van der Waals surface area contributed by atoms with E-state index in [0.717, 1.165) is 42.4 Å². The molecule has 1 aliphatic rings. The Morgan fingerprint density at radius 3 is 2.80 bits per heavy atom. The molecule has 0 radical (unpaired) electrons. The summed E-state index contributed by atoms with van der Waals surface area (Å²) < 4.78 is 11.2. The zero-order chi connectivity index (χ0) is 10.7. The van der Waals surface area contributed by atoms with Gasteiger partial charge in [-0.05, 0) is 24.6 Å². The van der Waals surface area contributed by atoms with Crippen LogP contribution in [0.1, 0.15) is 18.4 Å². The van der Waals surface area contributed by atoms with Gasteiger partial charge in [-0.15, -0.1) is 0 Å². The maximum atomic E-state index is 5.93. The predicted molar refractivity (Wildman–Crippen MR) is 60.7 cm³/mol. The summed E-state index contributed by atoms with van der Waals surface area (Å²) in [6, 6.07) is 5.75. The molecule has 1 saturated heterocycles. The lowest BCUT2D eigenvalue weighted by Gasteiger charge is -2.24. The van der Waals surface area contributed by atoms with Crippen molar-refractivity contribution < 1.29 is 9.47 Å². The highest BCUT2D eigenvalue weighted by Crippen LogP contribution is 2.25. The van der Waals surface area contributed by atoms with Gasteiger partial charge in [0.25, 0.3) is 0 Å². The van der Waals surface area contributed by atoms with E-state index in [9.17, 15) is 0 Å². The molecule has 0 bridgehead atoms. The monoisotopic (exact) mass is 226 g/mol. The van der Waals surface area contributed by atoms with Crippen molar-refractivity contribution in [3.63, 3.8) is 0 Å². The van der Waals surface area contributed by atoms with Crippen LogP contribution in [0.4, 0.5) is 0 Å². The minimum absolute atomic E-state index is 0.274. The largest absolute Gasteiger partial charge is 0.490 e. The van der Waals surface area contributed by atoms with Gasteiger partial charge in [-0.2, -0.15) is 0 Å². The van der Waals surface area contributed by atoms with E-state index in [2.05, 4.69) is 0 Å². The van der Waals surface area contributed by atoms with E-state index >= 15 is 0 Å². The lowest BCUT2D eigenvalue weighted by molar-refractivity contribution is 0.0253. The third kappa shape index (κ3) is 2.86. The fraction of sp³-hybridized carbons (Fsp3) is 0.500. The zero-order valence-corrected chi connectivity index (χ0v) is 9.59. The van der Waals surface area contributed by atoms with Gasteiger partial charge in [-0.3, -0.25) is 0 Å². The molecule has 0 N–H and O–H groups in total. The maximum absolute atomic E-state index is 5.93. The smallest absolute Gasteiger partial charge is 0.124 e. The van der Waals surface area contributed by atoms with Gasteiger partial charge in [-0.25, -0.2) is 0 Å². The molecule has 1 aromatic carbocycles. The fourth-order valence-corrected chi connectivity index (χ4v) is 1.84. The number of hydrogen-bond acceptors (Lipinski definition) is 2. The molecule has 1 fully saturated rings. The molecule has 0 atom stereocenters. The highest BCUT2D eigenvalue weighted by atomic mass is 35.5. The summed E-state index contributed by atoms with van der Waals surface area (Å²) >= 11 is 5.93. The Hall–Kier alpha value is -0.730. The van der Waals surface area contributed by atoms with Crippen LogP contribution in [0, 0.1) is 6.92 Å². The molecule has 0 amide bonds. The fourth-order valence-electron chi connectivity index (χ4n) is 1.67. The zero-order valence-electron chi connectivity index (χ0n) is 8.83. The second kappa shape index (κ2) is 4.86. The first-order chi connectivity index (χ1) is 7.25. The van der Waals surface area contributed by atoms with Crippen molar-refractivity contribution >= 4 is 11.6 Å². The molecular formula is C12H15ClO2.